The van der Waals surface area contributed by atoms with Crippen molar-refractivity contribution in [2.45, 2.75) is 20.3 Å². The predicted molar refractivity (Wildman–Crippen MR) is 40.3 cm³/mol. The topological polar surface area (TPSA) is 69.1 Å². The van der Waals surface area contributed by atoms with E-state index in [0.29, 0.717) is 17.8 Å². The van der Waals surface area contributed by atoms with E-state index < -0.39 is 0 Å². The molecule has 60 valence electrons. The van der Waals surface area contributed by atoms with Crippen LogP contribution in [0.15, 0.2) is 4.52 Å². The molecule has 4 heteroatoms. The number of nitrogens with two attached hydrogens (primary N) is 1. The first kappa shape index (κ1) is 7.78. The van der Waals surface area contributed by atoms with Crippen molar-refractivity contribution in [3.63, 3.8) is 0 Å². The van der Waals surface area contributed by atoms with Crippen molar-refractivity contribution in [3.8, 4) is 0 Å². The lowest BCUT2D eigenvalue weighted by Gasteiger charge is -1.89. The number of hydrogen-bond acceptors (Lipinski definition) is 4. The molecule has 1 rings (SSSR count). The smallest absolute Gasteiger partial charge is 0.225 e. The minimum atomic E-state index is -0.185. The molecule has 0 amide bonds. The Labute approximate surface area is 64.4 Å². The number of nitrogen functional groups attached to an aromatic ring is 1. The first-order valence-corrected chi connectivity index (χ1v) is 3.41. The van der Waals surface area contributed by atoms with Crippen LogP contribution in [-0.4, -0.2) is 10.9 Å². The van der Waals surface area contributed by atoms with Crippen LogP contribution in [-0.2, 0) is 6.42 Å². The van der Waals surface area contributed by atoms with Crippen LogP contribution in [0.5, 0.6) is 0 Å². The molecule has 11 heavy (non-hydrogen) atoms. The maximum absolute atomic E-state index is 10.8. The Morgan fingerprint density at radius 3 is 2.64 bits per heavy atom. The third-order valence-electron chi connectivity index (χ3n) is 1.46. The summed E-state index contributed by atoms with van der Waals surface area (Å²) < 4.78 is 4.72. The number of ketones is 1. The predicted octanol–water partition coefficient (Wildman–Crippen LogP) is 1.02. The van der Waals surface area contributed by atoms with Crippen LogP contribution >= 0.6 is 0 Å². The van der Waals surface area contributed by atoms with E-state index in [9.17, 15) is 4.79 Å². The summed E-state index contributed by atoms with van der Waals surface area (Å²) in [6.45, 7) is 3.30. The van der Waals surface area contributed by atoms with Crippen molar-refractivity contribution >= 4 is 11.5 Å². The Morgan fingerprint density at radius 2 is 2.36 bits per heavy atom. The standard InChI is InChI=1S/C7H10N2O2/c1-3-5-6(8)7(4(2)10)11-9-5/h3,8H2,1-2H3. The SMILES string of the molecule is CCc1noc(C(C)=O)c1N. The molecule has 0 spiro atoms. The van der Waals surface area contributed by atoms with Gasteiger partial charge in [0.05, 0.1) is 0 Å². The van der Waals surface area contributed by atoms with Crippen LogP contribution in [0.2, 0.25) is 0 Å². The quantitative estimate of drug-likeness (QED) is 0.645. The van der Waals surface area contributed by atoms with E-state index >= 15 is 0 Å². The van der Waals surface area contributed by atoms with Gasteiger partial charge in [0, 0.05) is 6.92 Å². The summed E-state index contributed by atoms with van der Waals surface area (Å²) in [5, 5.41) is 3.63. The molecule has 1 aromatic heterocycles. The third-order valence-corrected chi connectivity index (χ3v) is 1.46. The molecule has 2 N–H and O–H groups in total. The van der Waals surface area contributed by atoms with Gasteiger partial charge in [-0.15, -0.1) is 0 Å². The number of aromatic nitrogens is 1. The number of carbonyl (C=O) groups excluding carboxylic acids is 1. The van der Waals surface area contributed by atoms with Gasteiger partial charge in [0.1, 0.15) is 11.4 Å². The zero-order valence-corrected chi connectivity index (χ0v) is 6.55. The zero-order valence-electron chi connectivity index (χ0n) is 6.55. The number of aryl methyl sites for hydroxylation is 1. The molecule has 0 unspecified atom stereocenters. The Balaban J connectivity index is 3.10. The number of hydrogen-bond donors (Lipinski definition) is 1. The molecule has 0 aliphatic rings. The summed E-state index contributed by atoms with van der Waals surface area (Å²) in [4.78, 5) is 10.8. The summed E-state index contributed by atoms with van der Waals surface area (Å²) in [5.74, 6) is -0.0171. The lowest BCUT2D eigenvalue weighted by atomic mass is 10.2. The van der Waals surface area contributed by atoms with Gasteiger partial charge in [-0.25, -0.2) is 0 Å². The Bertz CT molecular complexity index is 278. The van der Waals surface area contributed by atoms with Crippen molar-refractivity contribution < 1.29 is 9.32 Å². The maximum atomic E-state index is 10.8. The molecule has 0 saturated carbocycles. The number of rotatable bonds is 2. The monoisotopic (exact) mass is 154 g/mol. The fraction of sp³-hybridized carbons (Fsp3) is 0.429. The number of nitrogens with zero attached hydrogens (tertiary/aromatic N) is 1. The molecule has 0 aliphatic heterocycles. The lowest BCUT2D eigenvalue weighted by molar-refractivity contribution is 0.0979. The molecule has 0 aliphatic carbocycles. The van der Waals surface area contributed by atoms with Crippen LogP contribution in [0.3, 0.4) is 0 Å². The van der Waals surface area contributed by atoms with Crippen LogP contribution in [0, 0.1) is 0 Å². The molecule has 0 aromatic carbocycles. The zero-order chi connectivity index (χ0) is 8.43. The third kappa shape index (κ3) is 1.24. The van der Waals surface area contributed by atoms with E-state index in [2.05, 4.69) is 5.16 Å². The molecule has 1 aromatic rings. The molecule has 1 heterocycles. The summed E-state index contributed by atoms with van der Waals surface area (Å²) in [5.41, 5.74) is 6.56. The van der Waals surface area contributed by atoms with E-state index in [4.69, 9.17) is 10.3 Å². The van der Waals surface area contributed by atoms with Crippen LogP contribution in [0.1, 0.15) is 30.1 Å². The highest BCUT2D eigenvalue weighted by Crippen LogP contribution is 2.17. The van der Waals surface area contributed by atoms with Gasteiger partial charge in [-0.1, -0.05) is 12.1 Å². The van der Waals surface area contributed by atoms with Gasteiger partial charge < -0.3 is 10.3 Å². The van der Waals surface area contributed by atoms with Crippen molar-refractivity contribution in [2.24, 2.45) is 0 Å². The highest BCUT2D eigenvalue weighted by Gasteiger charge is 2.14. The van der Waals surface area contributed by atoms with Gasteiger partial charge in [-0.2, -0.15) is 0 Å². The van der Waals surface area contributed by atoms with Gasteiger partial charge in [-0.3, -0.25) is 4.79 Å². The summed E-state index contributed by atoms with van der Waals surface area (Å²) in [6, 6.07) is 0. The van der Waals surface area contributed by atoms with Crippen molar-refractivity contribution in [1.29, 1.82) is 0 Å². The normalized spacial score (nSPS) is 10.0. The number of Topliss-reactive ketones (excluding diaryl/α,β-unsaturated/α-hetero) is 1. The Morgan fingerprint density at radius 1 is 1.73 bits per heavy atom. The summed E-state index contributed by atoms with van der Waals surface area (Å²) in [6.07, 6.45) is 0.683. The Kier molecular flexibility index (Phi) is 1.94. The fourth-order valence-corrected chi connectivity index (χ4v) is 0.839. The van der Waals surface area contributed by atoms with Crippen LogP contribution in [0.25, 0.3) is 0 Å². The Hall–Kier alpha value is -1.32. The highest BCUT2D eigenvalue weighted by molar-refractivity contribution is 5.96. The second-order valence-corrected chi connectivity index (χ2v) is 2.28. The van der Waals surface area contributed by atoms with E-state index in [1.54, 1.807) is 0 Å². The second-order valence-electron chi connectivity index (χ2n) is 2.28. The molecule has 0 atom stereocenters. The first-order valence-electron chi connectivity index (χ1n) is 3.41. The van der Waals surface area contributed by atoms with Crippen molar-refractivity contribution in [3.05, 3.63) is 11.5 Å². The number of carbonyl (C=O) groups is 1. The lowest BCUT2D eigenvalue weighted by Crippen LogP contribution is -1.97. The molecule has 0 fully saturated rings. The molecular formula is C7H10N2O2. The molecule has 4 nitrogen and oxygen atoms in total. The van der Waals surface area contributed by atoms with E-state index in [1.807, 2.05) is 6.92 Å². The molecule has 0 radical (unpaired) electrons. The van der Waals surface area contributed by atoms with Crippen molar-refractivity contribution in [2.75, 3.05) is 5.73 Å². The maximum Gasteiger partial charge on any atom is 0.225 e. The van der Waals surface area contributed by atoms with Crippen LogP contribution < -0.4 is 5.73 Å². The van der Waals surface area contributed by atoms with Crippen molar-refractivity contribution in [1.82, 2.24) is 5.16 Å². The molecule has 0 bridgehead atoms. The summed E-state index contributed by atoms with van der Waals surface area (Å²) in [7, 11) is 0. The average molecular weight is 154 g/mol. The minimum Gasteiger partial charge on any atom is -0.394 e. The van der Waals surface area contributed by atoms with Gasteiger partial charge in [0.15, 0.2) is 5.78 Å². The second kappa shape index (κ2) is 2.74. The average Bonchev–Trinajstić information content (AvgIpc) is 2.30. The van der Waals surface area contributed by atoms with E-state index in [-0.39, 0.29) is 11.5 Å². The van der Waals surface area contributed by atoms with Gasteiger partial charge in [-0.05, 0) is 6.42 Å². The van der Waals surface area contributed by atoms with E-state index in [0.717, 1.165) is 0 Å². The van der Waals surface area contributed by atoms with Crippen LogP contribution in [0.4, 0.5) is 5.69 Å². The highest BCUT2D eigenvalue weighted by atomic mass is 16.5. The molecular weight excluding hydrogens is 144 g/mol. The summed E-state index contributed by atoms with van der Waals surface area (Å²) >= 11 is 0. The largest absolute Gasteiger partial charge is 0.394 e. The minimum absolute atomic E-state index is 0.168. The number of anilines is 1. The fourth-order valence-electron chi connectivity index (χ4n) is 0.839. The first-order chi connectivity index (χ1) is 5.16. The molecule has 0 saturated heterocycles. The van der Waals surface area contributed by atoms with Gasteiger partial charge in [0.2, 0.25) is 5.76 Å². The van der Waals surface area contributed by atoms with Gasteiger partial charge in [0.25, 0.3) is 0 Å². The van der Waals surface area contributed by atoms with E-state index in [1.165, 1.54) is 6.92 Å². The van der Waals surface area contributed by atoms with Gasteiger partial charge >= 0.3 is 0 Å².